The lowest BCUT2D eigenvalue weighted by Crippen LogP contribution is -2.64. The van der Waals surface area contributed by atoms with E-state index in [0.29, 0.717) is 12.8 Å². The van der Waals surface area contributed by atoms with Gasteiger partial charge in [0.2, 0.25) is 0 Å². The molecule has 0 bridgehead atoms. The Morgan fingerprint density at radius 3 is 1.31 bits per heavy atom. The van der Waals surface area contributed by atoms with Crippen LogP contribution in [0, 0.1) is 0 Å². The van der Waals surface area contributed by atoms with Crippen molar-refractivity contribution in [2.75, 3.05) is 13.2 Å². The molecule has 0 heterocycles. The molecule has 0 aromatic carbocycles. The molecule has 14 heteroatoms. The van der Waals surface area contributed by atoms with Crippen LogP contribution in [0.25, 0.3) is 0 Å². The summed E-state index contributed by atoms with van der Waals surface area (Å²) in [6.07, 6.45) is 32.3. The van der Waals surface area contributed by atoms with Crippen molar-refractivity contribution in [3.63, 3.8) is 0 Å². The van der Waals surface area contributed by atoms with Crippen molar-refractivity contribution in [1.29, 1.82) is 0 Å². The molecule has 1 rings (SSSR count). The van der Waals surface area contributed by atoms with E-state index in [2.05, 4.69) is 38.2 Å². The molecule has 1 aliphatic rings. The maximum Gasteiger partial charge on any atom is 0.472 e. The van der Waals surface area contributed by atoms with Crippen molar-refractivity contribution in [1.82, 2.24) is 0 Å². The summed E-state index contributed by atoms with van der Waals surface area (Å²) in [5.41, 5.74) is 0. The van der Waals surface area contributed by atoms with Crippen LogP contribution in [0.1, 0.15) is 226 Å². The van der Waals surface area contributed by atoms with Gasteiger partial charge in [-0.15, -0.1) is 0 Å². The quantitative estimate of drug-likeness (QED) is 0.0146. The van der Waals surface area contributed by atoms with Crippen molar-refractivity contribution in [2.24, 2.45) is 0 Å². The van der Waals surface area contributed by atoms with Crippen LogP contribution in [0.2, 0.25) is 0 Å². The van der Waals surface area contributed by atoms with Gasteiger partial charge in [0.25, 0.3) is 0 Å². The van der Waals surface area contributed by atoms with E-state index < -0.39 is 75.7 Å². The molecule has 0 amide bonds. The number of esters is 2. The number of hydrogen-bond acceptors (Lipinski definition) is 12. The Morgan fingerprint density at radius 2 is 0.859 bits per heavy atom. The zero-order valence-electron chi connectivity index (χ0n) is 40.1. The molecule has 0 spiro atoms. The molecule has 64 heavy (non-hydrogen) atoms. The lowest BCUT2D eigenvalue weighted by atomic mass is 9.85. The summed E-state index contributed by atoms with van der Waals surface area (Å²) in [6.45, 7) is 3.28. The van der Waals surface area contributed by atoms with Crippen LogP contribution in [-0.2, 0) is 32.7 Å². The summed E-state index contributed by atoms with van der Waals surface area (Å²) in [5, 5.41) is 50.2. The third kappa shape index (κ3) is 32.1. The second kappa shape index (κ2) is 40.4. The average Bonchev–Trinajstić information content (AvgIpc) is 3.28. The fourth-order valence-corrected chi connectivity index (χ4v) is 8.87. The minimum atomic E-state index is -5.12. The van der Waals surface area contributed by atoms with Crippen molar-refractivity contribution in [3.8, 4) is 0 Å². The second-order valence-corrected chi connectivity index (χ2v) is 19.4. The molecule has 0 aromatic heterocycles. The first-order valence-electron chi connectivity index (χ1n) is 25.6. The van der Waals surface area contributed by atoms with Crippen LogP contribution >= 0.6 is 7.82 Å². The van der Waals surface area contributed by atoms with Gasteiger partial charge in [0.05, 0.1) is 6.61 Å². The summed E-state index contributed by atoms with van der Waals surface area (Å²) in [4.78, 5) is 35.8. The van der Waals surface area contributed by atoms with Crippen molar-refractivity contribution in [3.05, 3.63) is 24.3 Å². The van der Waals surface area contributed by atoms with Gasteiger partial charge in [-0.25, -0.2) is 4.57 Å². The standard InChI is InChI=1S/C50H93O13P/c1-3-5-7-9-11-13-15-17-19-20-21-22-23-24-25-27-29-31-33-35-37-39-44(52)62-42(41-61-64(58,59)63-50-48(56)46(54)45(53)47(55)49(50)57)40-60-43(51)38-36-34-32-30-28-26-18-16-14-12-10-8-6-4-2/h10,12,16,18,42,45-50,53-57H,3-9,11,13-15,17,19-41H2,1-2H3,(H,58,59)/b12-10+,18-16+/t42-,45?,46-,47?,48?,49?,50?/m1/s1. The SMILES string of the molecule is CCCC/C=C/C/C=C/CCCCCCCC(=O)OC[C@H](COP(=O)(O)OC1C(O)C(O)C(O)[C@@H](O)C1O)OC(=O)CCCCCCCCCCCCCCCCCCCCCCC. The van der Waals surface area contributed by atoms with Gasteiger partial charge in [0, 0.05) is 12.8 Å². The van der Waals surface area contributed by atoms with E-state index in [1.54, 1.807) is 0 Å². The minimum Gasteiger partial charge on any atom is -0.462 e. The van der Waals surface area contributed by atoms with Crippen LogP contribution in [0.15, 0.2) is 24.3 Å². The minimum absolute atomic E-state index is 0.0984. The number of aliphatic hydroxyl groups is 5. The number of hydrogen-bond donors (Lipinski definition) is 6. The third-order valence-corrected chi connectivity index (χ3v) is 13.0. The highest BCUT2D eigenvalue weighted by molar-refractivity contribution is 7.47. The Kier molecular flexibility index (Phi) is 38.1. The summed E-state index contributed by atoms with van der Waals surface area (Å²) in [5.74, 6) is -1.11. The van der Waals surface area contributed by atoms with Crippen LogP contribution in [0.4, 0.5) is 0 Å². The van der Waals surface area contributed by atoms with Crippen molar-refractivity contribution in [2.45, 2.75) is 268 Å². The van der Waals surface area contributed by atoms with Gasteiger partial charge in [-0.2, -0.15) is 0 Å². The molecule has 376 valence electrons. The van der Waals surface area contributed by atoms with Gasteiger partial charge in [0.15, 0.2) is 6.10 Å². The zero-order chi connectivity index (χ0) is 47.1. The Balaban J connectivity index is 2.38. The number of phosphoric ester groups is 1. The third-order valence-electron chi connectivity index (χ3n) is 12.0. The smallest absolute Gasteiger partial charge is 0.462 e. The van der Waals surface area contributed by atoms with Gasteiger partial charge in [-0.3, -0.25) is 18.6 Å². The molecule has 1 saturated carbocycles. The lowest BCUT2D eigenvalue weighted by Gasteiger charge is -2.41. The van der Waals surface area contributed by atoms with Crippen LogP contribution in [0.3, 0.4) is 0 Å². The molecule has 6 unspecified atom stereocenters. The molecular weight excluding hydrogens is 840 g/mol. The Labute approximate surface area is 387 Å². The molecule has 8 atom stereocenters. The first kappa shape index (κ1) is 60.3. The van der Waals surface area contributed by atoms with Crippen LogP contribution < -0.4 is 0 Å². The van der Waals surface area contributed by atoms with Gasteiger partial charge < -0.3 is 39.9 Å². The van der Waals surface area contributed by atoms with Crippen molar-refractivity contribution >= 4 is 19.8 Å². The van der Waals surface area contributed by atoms with E-state index in [9.17, 15) is 44.6 Å². The highest BCUT2D eigenvalue weighted by atomic mass is 31.2. The number of ether oxygens (including phenoxy) is 2. The maximum atomic E-state index is 12.8. The fraction of sp³-hybridized carbons (Fsp3) is 0.880. The Bertz CT molecular complexity index is 1220. The highest BCUT2D eigenvalue weighted by Crippen LogP contribution is 2.47. The molecule has 1 aliphatic carbocycles. The number of carbonyl (C=O) groups excluding carboxylic acids is 2. The van der Waals surface area contributed by atoms with Crippen molar-refractivity contribution < 1.29 is 63.1 Å². The van der Waals surface area contributed by atoms with Gasteiger partial charge in [-0.1, -0.05) is 199 Å². The summed E-state index contributed by atoms with van der Waals surface area (Å²) in [7, 11) is -5.12. The molecule has 0 aliphatic heterocycles. The topological polar surface area (TPSA) is 210 Å². The monoisotopic (exact) mass is 933 g/mol. The van der Waals surface area contributed by atoms with Crippen LogP contribution in [0.5, 0.6) is 0 Å². The van der Waals surface area contributed by atoms with E-state index in [1.165, 1.54) is 122 Å². The number of carbonyl (C=O) groups is 2. The first-order chi connectivity index (χ1) is 30.9. The Morgan fingerprint density at radius 1 is 0.484 bits per heavy atom. The Hall–Kier alpha value is -1.67. The molecular formula is C50H93O13P. The van der Waals surface area contributed by atoms with Gasteiger partial charge in [0.1, 0.15) is 43.2 Å². The predicted octanol–water partition coefficient (Wildman–Crippen LogP) is 10.8. The number of allylic oxidation sites excluding steroid dienone is 4. The molecule has 6 N–H and O–H groups in total. The van der Waals surface area contributed by atoms with E-state index in [0.717, 1.165) is 64.2 Å². The average molecular weight is 933 g/mol. The number of phosphoric acid groups is 1. The summed E-state index contributed by atoms with van der Waals surface area (Å²) >= 11 is 0. The zero-order valence-corrected chi connectivity index (χ0v) is 41.0. The van der Waals surface area contributed by atoms with Gasteiger partial charge >= 0.3 is 19.8 Å². The maximum absolute atomic E-state index is 12.8. The largest absolute Gasteiger partial charge is 0.472 e. The second-order valence-electron chi connectivity index (χ2n) is 18.0. The predicted molar refractivity (Wildman–Crippen MR) is 254 cm³/mol. The fourth-order valence-electron chi connectivity index (χ4n) is 7.89. The van der Waals surface area contributed by atoms with Gasteiger partial charge in [-0.05, 0) is 38.5 Å². The van der Waals surface area contributed by atoms with E-state index >= 15 is 0 Å². The van der Waals surface area contributed by atoms with E-state index in [4.69, 9.17) is 18.5 Å². The molecule has 1 fully saturated rings. The van der Waals surface area contributed by atoms with E-state index in [1.807, 2.05) is 0 Å². The lowest BCUT2D eigenvalue weighted by molar-refractivity contribution is -0.220. The molecule has 0 saturated heterocycles. The highest BCUT2D eigenvalue weighted by Gasteiger charge is 2.51. The number of unbranched alkanes of at least 4 members (excludes halogenated alkanes) is 27. The molecule has 13 nitrogen and oxygen atoms in total. The van der Waals surface area contributed by atoms with E-state index in [-0.39, 0.29) is 12.8 Å². The number of rotatable bonds is 43. The first-order valence-corrected chi connectivity index (χ1v) is 27.1. The van der Waals surface area contributed by atoms with Crippen LogP contribution in [-0.4, -0.2) is 98.3 Å². The molecule has 0 aromatic rings. The normalized spacial score (nSPS) is 21.7. The number of aliphatic hydroxyl groups excluding tert-OH is 5. The summed E-state index contributed by atoms with van der Waals surface area (Å²) in [6, 6.07) is 0. The summed E-state index contributed by atoms with van der Waals surface area (Å²) < 4.78 is 33.6. The molecule has 0 radical (unpaired) electrons.